The average molecular weight is 1260 g/mol. The fraction of sp³-hybridized carbons (Fsp3) is 0.662. The fourth-order valence-corrected chi connectivity index (χ4v) is 11.5. The molecule has 22 nitrogen and oxygen atoms in total. The molecule has 2 aliphatic heterocycles. The van der Waals surface area contributed by atoms with Crippen molar-refractivity contribution in [2.24, 2.45) is 17.8 Å². The van der Waals surface area contributed by atoms with Gasteiger partial charge in [0.1, 0.15) is 48.5 Å². The molecule has 1 fully saturated rings. The number of rotatable bonds is 12. The standard InChI is InChI=1S/C68H108N10O12/c1-19-44(6)59-62(84)70-52(41-90-68(10,11)12)60(82)69-51(64(86)78-33-24-21-25-34-78)38-49-29-26-30-50(37-49)45(7)31-32-56(80)75(16)55(39-48-27-22-20-23-28-48)65(87)72(13)40-57(81)74(15)53(35-42(2)3)61(83)71-58(47(9)79)67(89)73(14)46(8)63(85)76(17)54(36-43(4)5)66(88)77(59)18/h20,22-23,26-30,37,42-44,46-47,51-55,58-59,61,71,79,83H,7,19,21,24-25,31-36,38-41H2,1-6,8-18H3,(H,69,82)(H,70,84)/t44-,46-,47+,51-,52-,53-,54-,55-,58-,59-,61?/m0/s1. The number of hydrogen-bond acceptors (Lipinski definition) is 13. The first-order valence-corrected chi connectivity index (χ1v) is 32.1. The van der Waals surface area contributed by atoms with Crippen LogP contribution >= 0.6 is 0 Å². The number of aliphatic hydroxyl groups is 2. The van der Waals surface area contributed by atoms with Gasteiger partial charge in [-0.25, -0.2) is 0 Å². The summed E-state index contributed by atoms with van der Waals surface area (Å²) in [5, 5.41) is 31.9. The summed E-state index contributed by atoms with van der Waals surface area (Å²) in [6, 6.07) is 6.95. The highest BCUT2D eigenvalue weighted by Gasteiger charge is 2.43. The van der Waals surface area contributed by atoms with Crippen molar-refractivity contribution in [3.8, 4) is 0 Å². The second kappa shape index (κ2) is 34.6. The molecule has 22 heteroatoms. The molecule has 2 heterocycles. The van der Waals surface area contributed by atoms with Crippen LogP contribution in [0.4, 0.5) is 0 Å². The quantitative estimate of drug-likeness (QED) is 0.197. The summed E-state index contributed by atoms with van der Waals surface area (Å²) in [5.74, 6) is -5.86. The number of nitrogens with one attached hydrogen (secondary N) is 3. The first-order chi connectivity index (χ1) is 42.1. The van der Waals surface area contributed by atoms with Gasteiger partial charge in [0.05, 0.1) is 30.9 Å². The smallest absolute Gasteiger partial charge is 0.245 e. The molecule has 0 aliphatic carbocycles. The van der Waals surface area contributed by atoms with Gasteiger partial charge in [0.25, 0.3) is 0 Å². The summed E-state index contributed by atoms with van der Waals surface area (Å²) in [6.07, 6.45) is 0.583. The van der Waals surface area contributed by atoms with Gasteiger partial charge >= 0.3 is 0 Å². The monoisotopic (exact) mass is 1260 g/mol. The lowest BCUT2D eigenvalue weighted by Gasteiger charge is -2.40. The molecule has 502 valence electrons. The number of amides is 9. The average Bonchev–Trinajstić information content (AvgIpc) is 1.07. The molecular formula is C68H108N10O12. The maximum atomic E-state index is 15.1. The van der Waals surface area contributed by atoms with Crippen molar-refractivity contribution >= 4 is 58.7 Å². The van der Waals surface area contributed by atoms with Gasteiger partial charge in [0, 0.05) is 74.6 Å². The number of hydrogen-bond donors (Lipinski definition) is 5. The molecule has 2 aromatic carbocycles. The third kappa shape index (κ3) is 21.4. The number of ether oxygens (including phenoxy) is 1. The minimum atomic E-state index is -1.62. The molecule has 0 spiro atoms. The van der Waals surface area contributed by atoms with Crippen molar-refractivity contribution < 1.29 is 58.1 Å². The van der Waals surface area contributed by atoms with Crippen molar-refractivity contribution in [2.45, 2.75) is 207 Å². The number of carbonyl (C=O) groups is 9. The van der Waals surface area contributed by atoms with E-state index in [2.05, 4.69) is 22.5 Å². The van der Waals surface area contributed by atoms with Crippen LogP contribution in [-0.2, 0) is 60.7 Å². The van der Waals surface area contributed by atoms with Crippen LogP contribution in [0.3, 0.4) is 0 Å². The normalized spacial score (nSPS) is 25.8. The summed E-state index contributed by atoms with van der Waals surface area (Å²) in [7, 11) is 8.79. The molecule has 2 bridgehead atoms. The first-order valence-electron chi connectivity index (χ1n) is 32.1. The summed E-state index contributed by atoms with van der Waals surface area (Å²) >= 11 is 0. The summed E-state index contributed by atoms with van der Waals surface area (Å²) in [5.41, 5.74) is 1.97. The largest absolute Gasteiger partial charge is 0.391 e. The van der Waals surface area contributed by atoms with Crippen molar-refractivity contribution in [2.75, 3.05) is 68.5 Å². The number of allylic oxidation sites excluding steroid dienone is 1. The number of likely N-dealkylation sites (tertiary alicyclic amines) is 1. The van der Waals surface area contributed by atoms with Crippen LogP contribution in [0, 0.1) is 17.8 Å². The van der Waals surface area contributed by atoms with E-state index in [1.807, 2.05) is 96.1 Å². The Morgan fingerprint density at radius 3 is 1.90 bits per heavy atom. The van der Waals surface area contributed by atoms with E-state index < -0.39 is 120 Å². The summed E-state index contributed by atoms with van der Waals surface area (Å²) in [4.78, 5) is 142. The van der Waals surface area contributed by atoms with Crippen LogP contribution in [0.25, 0.3) is 5.57 Å². The highest BCUT2D eigenvalue weighted by atomic mass is 16.5. The van der Waals surface area contributed by atoms with Crippen LogP contribution < -0.4 is 16.0 Å². The predicted octanol–water partition coefficient (Wildman–Crippen LogP) is 4.49. The molecular weight excluding hydrogens is 1150 g/mol. The third-order valence-corrected chi connectivity index (χ3v) is 17.5. The maximum absolute atomic E-state index is 15.1. The number of likely N-dealkylation sites (N-methyl/N-ethyl adjacent to an activating group) is 6. The third-order valence-electron chi connectivity index (χ3n) is 17.5. The molecule has 0 aromatic heterocycles. The number of benzene rings is 2. The number of carbonyl (C=O) groups excluding carboxylic acids is 9. The number of piperidine rings is 1. The molecule has 4 rings (SSSR count). The van der Waals surface area contributed by atoms with E-state index in [0.29, 0.717) is 36.2 Å². The van der Waals surface area contributed by atoms with Gasteiger partial charge < -0.3 is 59.9 Å². The van der Waals surface area contributed by atoms with Gasteiger partial charge in [-0.3, -0.25) is 48.5 Å². The van der Waals surface area contributed by atoms with Crippen LogP contribution in [0.2, 0.25) is 0 Å². The first kappa shape index (κ1) is 75.7. The highest BCUT2D eigenvalue weighted by molar-refractivity contribution is 5.97. The fourth-order valence-electron chi connectivity index (χ4n) is 11.5. The minimum absolute atomic E-state index is 0.0421. The Bertz CT molecular complexity index is 2770. The second-order valence-corrected chi connectivity index (χ2v) is 26.9. The van der Waals surface area contributed by atoms with Gasteiger partial charge in [0.2, 0.25) is 53.2 Å². The van der Waals surface area contributed by atoms with E-state index in [1.54, 1.807) is 32.7 Å². The predicted molar refractivity (Wildman–Crippen MR) is 348 cm³/mol. The van der Waals surface area contributed by atoms with Gasteiger partial charge in [-0.1, -0.05) is 109 Å². The maximum Gasteiger partial charge on any atom is 0.245 e. The molecule has 90 heavy (non-hydrogen) atoms. The molecule has 0 radical (unpaired) electrons. The van der Waals surface area contributed by atoms with Crippen molar-refractivity contribution in [3.05, 3.63) is 77.9 Å². The molecule has 5 N–H and O–H groups in total. The lowest BCUT2D eigenvalue weighted by molar-refractivity contribution is -0.154. The van der Waals surface area contributed by atoms with Gasteiger partial charge in [-0.05, 0) is 113 Å². The van der Waals surface area contributed by atoms with E-state index >= 15 is 9.59 Å². The molecule has 1 unspecified atom stereocenters. The highest BCUT2D eigenvalue weighted by Crippen LogP contribution is 2.26. The Hall–Kier alpha value is -6.75. The minimum Gasteiger partial charge on any atom is -0.391 e. The van der Waals surface area contributed by atoms with E-state index in [1.165, 1.54) is 73.6 Å². The van der Waals surface area contributed by atoms with Gasteiger partial charge in [-0.15, -0.1) is 0 Å². The second-order valence-electron chi connectivity index (χ2n) is 26.9. The lowest BCUT2D eigenvalue weighted by atomic mass is 9.94. The topological polar surface area (TPSA) is 262 Å². The van der Waals surface area contributed by atoms with Crippen LogP contribution in [0.1, 0.15) is 144 Å². The zero-order valence-corrected chi connectivity index (χ0v) is 56.9. The number of aliphatic hydroxyl groups excluding tert-OH is 2. The summed E-state index contributed by atoms with van der Waals surface area (Å²) in [6.45, 7) is 24.1. The summed E-state index contributed by atoms with van der Waals surface area (Å²) < 4.78 is 6.18. The molecule has 1 saturated heterocycles. The van der Waals surface area contributed by atoms with Gasteiger partial charge in [-0.2, -0.15) is 0 Å². The Morgan fingerprint density at radius 1 is 0.700 bits per heavy atom. The SMILES string of the molecule is C=C1CCC(=O)N(C)[C@@H](Cc2ccccc2)C(=O)N(C)CC(=O)N(C)[C@@H](CC(C)C)C(O)N[C@@H]([C@@H](C)O)C(=O)N(C)[C@@H](C)C(=O)N(C)[C@@H](CC(C)C)C(=O)N(C)[C@@H]([C@@H](C)CC)C(=O)N[C@@H](COC(C)(C)C)C(=O)N[C@H](C(=O)N2CCCCC2)Cc2cccc1c2. The Morgan fingerprint density at radius 2 is 1.32 bits per heavy atom. The lowest BCUT2D eigenvalue weighted by Crippen LogP contribution is -2.63. The van der Waals surface area contributed by atoms with E-state index in [9.17, 15) is 43.8 Å². The van der Waals surface area contributed by atoms with Crippen LogP contribution in [0.5, 0.6) is 0 Å². The molecule has 9 amide bonds. The Kier molecular flexibility index (Phi) is 29.1. The zero-order valence-electron chi connectivity index (χ0n) is 56.9. The number of nitrogens with zero attached hydrogens (tertiary/aromatic N) is 7. The Balaban J connectivity index is 1.88. The molecule has 2 aromatic rings. The van der Waals surface area contributed by atoms with Gasteiger partial charge in [0.15, 0.2) is 0 Å². The van der Waals surface area contributed by atoms with Crippen LogP contribution in [0.15, 0.2) is 61.2 Å². The van der Waals surface area contributed by atoms with E-state index in [4.69, 9.17) is 4.74 Å². The molecule has 11 atom stereocenters. The number of fused-ring (bicyclic) bond motifs is 2. The van der Waals surface area contributed by atoms with Crippen molar-refractivity contribution in [3.63, 3.8) is 0 Å². The molecule has 2 aliphatic rings. The van der Waals surface area contributed by atoms with E-state index in [0.717, 1.165) is 29.7 Å². The van der Waals surface area contributed by atoms with Crippen LogP contribution in [-0.4, -0.2) is 232 Å². The molecule has 0 saturated carbocycles. The Labute approximate surface area is 535 Å². The zero-order chi connectivity index (χ0) is 67.6. The van der Waals surface area contributed by atoms with E-state index in [-0.39, 0.29) is 68.8 Å². The van der Waals surface area contributed by atoms with Crippen molar-refractivity contribution in [1.82, 2.24) is 50.2 Å². The van der Waals surface area contributed by atoms with Crippen molar-refractivity contribution in [1.29, 1.82) is 0 Å².